The molecule has 0 unspecified atom stereocenters. The van der Waals surface area contributed by atoms with Gasteiger partial charge in [-0.15, -0.1) is 0 Å². The molecular weight excluding hydrogens is 444 g/mol. The Bertz CT molecular complexity index is 912. The highest BCUT2D eigenvalue weighted by Gasteiger charge is 2.56. The van der Waals surface area contributed by atoms with Crippen LogP contribution in [0.2, 0.25) is 0 Å². The number of carbonyl (C=O) groups excluding carboxylic acids is 3. The second-order valence-electron chi connectivity index (χ2n) is 9.32. The molecule has 1 aromatic rings. The molecule has 1 aliphatic carbocycles. The minimum Gasteiger partial charge on any atom is -0.396 e. The van der Waals surface area contributed by atoms with Crippen LogP contribution < -0.4 is 15.5 Å². The van der Waals surface area contributed by atoms with Crippen molar-refractivity contribution in [2.24, 2.45) is 23.7 Å². The van der Waals surface area contributed by atoms with Crippen LogP contribution in [0.4, 0.5) is 11.4 Å². The van der Waals surface area contributed by atoms with Gasteiger partial charge in [0.15, 0.2) is 0 Å². The lowest BCUT2D eigenvalue weighted by Crippen LogP contribution is -2.45. The predicted octanol–water partition coefficient (Wildman–Crippen LogP) is 2.65. The first-order valence-corrected chi connectivity index (χ1v) is 12.9. The van der Waals surface area contributed by atoms with Gasteiger partial charge in [0.05, 0.1) is 11.8 Å². The number of rotatable bonds is 11. The Morgan fingerprint density at radius 1 is 1.03 bits per heavy atom. The first-order valence-electron chi connectivity index (χ1n) is 12.9. The molecule has 0 spiro atoms. The van der Waals surface area contributed by atoms with Gasteiger partial charge in [-0.2, -0.15) is 0 Å². The Labute approximate surface area is 208 Å². The van der Waals surface area contributed by atoms with E-state index < -0.39 is 17.9 Å². The van der Waals surface area contributed by atoms with Crippen molar-refractivity contribution in [1.29, 1.82) is 0 Å². The van der Waals surface area contributed by atoms with E-state index >= 15 is 0 Å². The van der Waals surface area contributed by atoms with E-state index in [9.17, 15) is 19.5 Å². The fraction of sp³-hybridized carbons (Fsp3) is 0.593. The van der Waals surface area contributed by atoms with E-state index in [1.54, 1.807) is 11.9 Å². The number of amides is 3. The number of fused-ring (bicyclic) bond motifs is 1. The maximum Gasteiger partial charge on any atom is 0.247 e. The van der Waals surface area contributed by atoms with Crippen LogP contribution in [0.3, 0.4) is 0 Å². The number of nitrogens with zero attached hydrogens (tertiary/aromatic N) is 2. The quantitative estimate of drug-likeness (QED) is 0.331. The third-order valence-corrected chi connectivity index (χ3v) is 7.47. The van der Waals surface area contributed by atoms with Gasteiger partial charge in [-0.05, 0) is 63.3 Å². The largest absolute Gasteiger partial charge is 0.396 e. The molecule has 1 aliphatic heterocycles. The molecule has 3 amide bonds. The van der Waals surface area contributed by atoms with Crippen LogP contribution in [0.25, 0.3) is 0 Å². The van der Waals surface area contributed by atoms with Crippen molar-refractivity contribution in [3.05, 3.63) is 36.4 Å². The highest BCUT2D eigenvalue weighted by Crippen LogP contribution is 2.45. The molecular formula is C27H40N4O4. The van der Waals surface area contributed by atoms with E-state index in [-0.39, 0.29) is 36.2 Å². The first kappa shape index (κ1) is 26.7. The van der Waals surface area contributed by atoms with Crippen molar-refractivity contribution < 1.29 is 19.5 Å². The highest BCUT2D eigenvalue weighted by molar-refractivity contribution is 6.02. The minimum atomic E-state index is -0.699. The van der Waals surface area contributed by atoms with Gasteiger partial charge >= 0.3 is 0 Å². The number of aliphatic hydroxyl groups is 1. The lowest BCUT2D eigenvalue weighted by atomic mass is 9.69. The lowest BCUT2D eigenvalue weighted by molar-refractivity contribution is -0.140. The van der Waals surface area contributed by atoms with Crippen molar-refractivity contribution in [1.82, 2.24) is 10.2 Å². The van der Waals surface area contributed by atoms with Gasteiger partial charge in [-0.3, -0.25) is 14.4 Å². The molecule has 2 aliphatic rings. The molecule has 35 heavy (non-hydrogen) atoms. The van der Waals surface area contributed by atoms with Gasteiger partial charge in [0, 0.05) is 50.6 Å². The Kier molecular flexibility index (Phi) is 9.32. The molecule has 8 nitrogen and oxygen atoms in total. The van der Waals surface area contributed by atoms with Gasteiger partial charge in [0.2, 0.25) is 17.7 Å². The van der Waals surface area contributed by atoms with Crippen molar-refractivity contribution in [2.75, 3.05) is 43.5 Å². The Morgan fingerprint density at radius 2 is 1.71 bits per heavy atom. The molecule has 0 bridgehead atoms. The summed E-state index contributed by atoms with van der Waals surface area (Å²) in [7, 11) is 1.59. The van der Waals surface area contributed by atoms with Crippen molar-refractivity contribution in [2.45, 2.75) is 46.1 Å². The standard InChI is InChI=1S/C27H40N4O4/c1-5-18-10-15-21-23(22(18)25(33)28-4)27(35)31(16-8-9-17-32)24(21)26(34)29-19-11-13-20(14-12-19)30(6-2)7-3/h10-15,18,21-24,32H,5-9,16-17H2,1-4H3,(H,28,33)(H,29,34)/t18-,21+,22-,23+,24+/m1/s1. The number of carbonyl (C=O) groups is 3. The number of likely N-dealkylation sites (tertiary alicyclic amines) is 1. The average Bonchev–Trinajstić information content (AvgIpc) is 3.16. The molecule has 0 saturated carbocycles. The fourth-order valence-electron chi connectivity index (χ4n) is 5.61. The monoisotopic (exact) mass is 484 g/mol. The van der Waals surface area contributed by atoms with Crippen molar-refractivity contribution in [3.8, 4) is 0 Å². The molecule has 1 saturated heterocycles. The van der Waals surface area contributed by atoms with E-state index in [0.29, 0.717) is 25.1 Å². The van der Waals surface area contributed by atoms with E-state index in [1.807, 2.05) is 43.3 Å². The smallest absolute Gasteiger partial charge is 0.247 e. The number of unbranched alkanes of at least 4 members (excludes halogenated alkanes) is 1. The number of hydrogen-bond donors (Lipinski definition) is 3. The molecule has 3 N–H and O–H groups in total. The zero-order valence-corrected chi connectivity index (χ0v) is 21.4. The van der Waals surface area contributed by atoms with Crippen LogP contribution in [0.5, 0.6) is 0 Å². The number of aliphatic hydroxyl groups excluding tert-OH is 1. The number of nitrogens with one attached hydrogen (secondary N) is 2. The number of benzene rings is 1. The van der Waals surface area contributed by atoms with Crippen molar-refractivity contribution in [3.63, 3.8) is 0 Å². The van der Waals surface area contributed by atoms with Gasteiger partial charge in [-0.1, -0.05) is 19.1 Å². The summed E-state index contributed by atoms with van der Waals surface area (Å²) in [5.41, 5.74) is 1.76. The van der Waals surface area contributed by atoms with Crippen LogP contribution in [0, 0.1) is 23.7 Å². The number of allylic oxidation sites excluding steroid dienone is 1. The molecule has 1 heterocycles. The number of hydrogen-bond acceptors (Lipinski definition) is 5. The third kappa shape index (κ3) is 5.53. The van der Waals surface area contributed by atoms with E-state index in [1.165, 1.54) is 0 Å². The summed E-state index contributed by atoms with van der Waals surface area (Å²) in [4.78, 5) is 43.9. The summed E-state index contributed by atoms with van der Waals surface area (Å²) >= 11 is 0. The fourth-order valence-corrected chi connectivity index (χ4v) is 5.61. The summed E-state index contributed by atoms with van der Waals surface area (Å²) in [5, 5.41) is 15.0. The SMILES string of the molecule is CC[C@@H]1C=C[C@H]2[C@H](C(=O)N(CCCCO)[C@@H]2C(=O)Nc2ccc(N(CC)CC)cc2)[C@@H]1C(=O)NC. The molecule has 0 aromatic heterocycles. The minimum absolute atomic E-state index is 0.0311. The van der Waals surface area contributed by atoms with Crippen LogP contribution >= 0.6 is 0 Å². The lowest BCUT2D eigenvalue weighted by Gasteiger charge is -2.33. The summed E-state index contributed by atoms with van der Waals surface area (Å²) in [6, 6.07) is 7.03. The van der Waals surface area contributed by atoms with Gasteiger partial charge < -0.3 is 25.5 Å². The maximum absolute atomic E-state index is 13.6. The van der Waals surface area contributed by atoms with Crippen molar-refractivity contribution >= 4 is 29.1 Å². The summed E-state index contributed by atoms with van der Waals surface area (Å²) in [6.07, 6.45) is 5.86. The second kappa shape index (κ2) is 12.2. The molecule has 3 rings (SSSR count). The Hall–Kier alpha value is -2.87. The van der Waals surface area contributed by atoms with E-state index in [4.69, 9.17) is 0 Å². The molecule has 192 valence electrons. The van der Waals surface area contributed by atoms with Gasteiger partial charge in [0.25, 0.3) is 0 Å². The highest BCUT2D eigenvalue weighted by atomic mass is 16.3. The van der Waals surface area contributed by atoms with Gasteiger partial charge in [-0.25, -0.2) is 0 Å². The summed E-state index contributed by atoms with van der Waals surface area (Å²) in [5.74, 6) is -2.06. The molecule has 1 fully saturated rings. The number of anilines is 2. The Balaban J connectivity index is 1.89. The topological polar surface area (TPSA) is 102 Å². The molecule has 8 heteroatoms. The predicted molar refractivity (Wildman–Crippen MR) is 138 cm³/mol. The van der Waals surface area contributed by atoms with Gasteiger partial charge in [0.1, 0.15) is 6.04 Å². The van der Waals surface area contributed by atoms with E-state index in [0.717, 1.165) is 25.2 Å². The summed E-state index contributed by atoms with van der Waals surface area (Å²) < 4.78 is 0. The zero-order chi connectivity index (χ0) is 25.5. The second-order valence-corrected chi connectivity index (χ2v) is 9.32. The maximum atomic E-state index is 13.6. The van der Waals surface area contributed by atoms with Crippen LogP contribution in [-0.4, -0.2) is 67.1 Å². The van der Waals surface area contributed by atoms with Crippen LogP contribution in [0.1, 0.15) is 40.0 Å². The zero-order valence-electron chi connectivity index (χ0n) is 21.4. The van der Waals surface area contributed by atoms with E-state index in [2.05, 4.69) is 29.4 Å². The summed E-state index contributed by atoms with van der Waals surface area (Å²) in [6.45, 7) is 8.41. The van der Waals surface area contributed by atoms with Crippen LogP contribution in [-0.2, 0) is 14.4 Å². The Morgan fingerprint density at radius 3 is 2.29 bits per heavy atom. The first-order chi connectivity index (χ1) is 16.9. The normalized spacial score (nSPS) is 25.3. The molecule has 0 radical (unpaired) electrons. The van der Waals surface area contributed by atoms with Crippen LogP contribution in [0.15, 0.2) is 36.4 Å². The third-order valence-electron chi connectivity index (χ3n) is 7.47. The average molecular weight is 485 g/mol. The molecule has 1 aromatic carbocycles. The molecule has 5 atom stereocenters.